The zero-order chi connectivity index (χ0) is 78.2. The highest BCUT2D eigenvalue weighted by Gasteiger charge is 2.22. The maximum atomic E-state index is 2.48. The predicted octanol–water partition coefficient (Wildman–Crippen LogP) is 28.2. The molecule has 0 aliphatic rings. The summed E-state index contributed by atoms with van der Waals surface area (Å²) in [6.07, 6.45) is 4.07. The summed E-state index contributed by atoms with van der Waals surface area (Å²) in [7, 11) is 0. The van der Waals surface area contributed by atoms with Gasteiger partial charge in [0.15, 0.2) is 0 Å². The van der Waals surface area contributed by atoms with Gasteiger partial charge in [0.05, 0.1) is 66.2 Å². The van der Waals surface area contributed by atoms with Crippen LogP contribution in [0.15, 0.2) is 413 Å². The highest BCUT2D eigenvalue weighted by molar-refractivity contribution is 6.14. The van der Waals surface area contributed by atoms with Crippen LogP contribution < -0.4 is 0 Å². The van der Waals surface area contributed by atoms with Gasteiger partial charge in [-0.2, -0.15) is 0 Å². The minimum Gasteiger partial charge on any atom is -0.309 e. The molecular weight excluding hydrogens is 1440 g/mol. The van der Waals surface area contributed by atoms with Gasteiger partial charge in [0.25, 0.3) is 0 Å². The Hall–Kier alpha value is -15.2. The molecule has 6 nitrogen and oxygen atoms in total. The van der Waals surface area contributed by atoms with E-state index in [1.165, 1.54) is 209 Å². The zero-order valence-corrected chi connectivity index (χ0v) is 65.5. The molecule has 0 amide bonds. The molecule has 0 N–H and O–H groups in total. The van der Waals surface area contributed by atoms with Gasteiger partial charge in [-0.25, -0.2) is 0 Å². The van der Waals surface area contributed by atoms with E-state index in [4.69, 9.17) is 0 Å². The van der Waals surface area contributed by atoms with Gasteiger partial charge in [0, 0.05) is 98.8 Å². The largest absolute Gasteiger partial charge is 0.309 e. The molecule has 0 aliphatic carbocycles. The minimum atomic E-state index is 0.804. The quantitative estimate of drug-likeness (QED) is 0.0923. The molecule has 0 spiro atoms. The van der Waals surface area contributed by atoms with Gasteiger partial charge in [0.1, 0.15) is 0 Å². The van der Waals surface area contributed by atoms with Crippen LogP contribution in [-0.4, -0.2) is 27.4 Å². The molecule has 0 radical (unpaired) electrons. The van der Waals surface area contributed by atoms with Gasteiger partial charge in [-0.1, -0.05) is 243 Å². The Morgan fingerprint density at radius 2 is 0.235 bits per heavy atom. The van der Waals surface area contributed by atoms with Crippen LogP contribution in [0, 0.1) is 0 Å². The molecule has 0 fully saturated rings. The van der Waals surface area contributed by atoms with Crippen molar-refractivity contribution in [2.24, 2.45) is 0 Å². The van der Waals surface area contributed by atoms with Crippen molar-refractivity contribution < 1.29 is 0 Å². The van der Waals surface area contributed by atoms with Crippen LogP contribution in [-0.2, 0) is 32.1 Å². The summed E-state index contributed by atoms with van der Waals surface area (Å²) in [5, 5.41) is 15.2. The lowest BCUT2D eigenvalue weighted by atomic mass is 10.00. The Morgan fingerprint density at radius 3 is 0.395 bits per heavy atom. The molecule has 6 heteroatoms. The molecule has 6 heterocycles. The fraction of sp³-hybridized carbons (Fsp3) is 0.0442. The summed E-state index contributed by atoms with van der Waals surface area (Å²) >= 11 is 0. The van der Waals surface area contributed by atoms with Gasteiger partial charge in [0.2, 0.25) is 0 Å². The van der Waals surface area contributed by atoms with E-state index in [2.05, 4.69) is 440 Å². The summed E-state index contributed by atoms with van der Waals surface area (Å²) in [4.78, 5) is 0. The number of fused-ring (bicyclic) bond motifs is 18. The van der Waals surface area contributed by atoms with Gasteiger partial charge >= 0.3 is 0 Å². The number of aromatic nitrogens is 6. The number of para-hydroxylation sites is 8. The molecule has 560 valence electrons. The fourth-order valence-electron chi connectivity index (χ4n) is 19.8. The lowest BCUT2D eigenvalue weighted by molar-refractivity contribution is 1.13. The number of rotatable bonds is 16. The average Bonchev–Trinajstić information content (AvgIpc) is 1.56. The molecule has 0 saturated carbocycles. The third-order valence-electron chi connectivity index (χ3n) is 25.3. The summed E-state index contributed by atoms with van der Waals surface area (Å²) < 4.78 is 14.6. The molecule has 0 bridgehead atoms. The first-order valence-electron chi connectivity index (χ1n) is 41.6. The summed E-state index contributed by atoms with van der Waals surface area (Å²) in [6, 6.07) is 154. The lowest BCUT2D eigenvalue weighted by Gasteiger charge is -2.12. The van der Waals surface area contributed by atoms with Gasteiger partial charge in [-0.05, 0) is 258 Å². The zero-order valence-electron chi connectivity index (χ0n) is 65.5. The van der Waals surface area contributed by atoms with Crippen molar-refractivity contribution in [1.82, 2.24) is 27.4 Å². The van der Waals surface area contributed by atoms with E-state index in [1.807, 2.05) is 0 Å². The van der Waals surface area contributed by atoms with E-state index in [1.54, 1.807) is 0 Å². The van der Waals surface area contributed by atoms with Crippen LogP contribution in [0.5, 0.6) is 0 Å². The number of hydrogen-bond donors (Lipinski definition) is 0. The van der Waals surface area contributed by atoms with Crippen molar-refractivity contribution in [3.8, 4) is 34.1 Å². The second-order valence-corrected chi connectivity index (χ2v) is 32.4. The average molecular weight is 1520 g/mol. The van der Waals surface area contributed by atoms with Crippen LogP contribution in [0.25, 0.3) is 165 Å². The molecule has 0 saturated heterocycles. The third-order valence-corrected chi connectivity index (χ3v) is 25.3. The fourth-order valence-corrected chi connectivity index (χ4v) is 19.8. The predicted molar refractivity (Wildman–Crippen MR) is 499 cm³/mol. The molecule has 0 unspecified atom stereocenters. The van der Waals surface area contributed by atoms with Gasteiger partial charge in [-0.3, -0.25) is 0 Å². The highest BCUT2D eigenvalue weighted by atomic mass is 15.0. The molecule has 18 aromatic carbocycles. The smallest absolute Gasteiger partial charge is 0.0541 e. The number of benzene rings is 18. The number of nitrogens with zero attached hydrogens (tertiary/aromatic N) is 6. The van der Waals surface area contributed by atoms with Crippen LogP contribution in [0.4, 0.5) is 0 Å². The van der Waals surface area contributed by atoms with Crippen molar-refractivity contribution in [1.29, 1.82) is 0 Å². The maximum Gasteiger partial charge on any atom is 0.0541 e. The SMILES string of the molecule is c1ccc2c(c1)c1ccccc1n2-c1ccc(Cc2ccc3c(c2)c2cc(Cc4ccc(-n5c6ccccc6c6ccccc65)cc4)ccc2n3-c2ccc(Cc3ccc(-n4c5ccc(Cc6ccc(-n7c8ccccc8c8ccccc87)cc6)cc5c5cc(Cc6ccc(-n7c8ccccc8c8ccccc87)cc6)ccc54)cc3)cc2)cc1. The Labute approximate surface area is 688 Å². The topological polar surface area (TPSA) is 29.6 Å². The summed E-state index contributed by atoms with van der Waals surface area (Å²) in [6.45, 7) is 0. The van der Waals surface area contributed by atoms with Crippen LogP contribution >= 0.6 is 0 Å². The normalized spacial score (nSPS) is 12.0. The molecular formula is C113H78N6. The van der Waals surface area contributed by atoms with Crippen molar-refractivity contribution in [2.45, 2.75) is 32.1 Å². The second kappa shape index (κ2) is 27.8. The molecule has 119 heavy (non-hydrogen) atoms. The molecule has 0 atom stereocenters. The molecule has 24 aromatic rings. The summed E-state index contributed by atoms with van der Waals surface area (Å²) in [5.74, 6) is 0. The first-order chi connectivity index (χ1) is 58.9. The molecule has 0 aliphatic heterocycles. The Morgan fingerprint density at radius 1 is 0.109 bits per heavy atom. The van der Waals surface area contributed by atoms with Gasteiger partial charge in [-0.15, -0.1) is 0 Å². The van der Waals surface area contributed by atoms with Crippen LogP contribution in [0.3, 0.4) is 0 Å². The van der Waals surface area contributed by atoms with E-state index in [9.17, 15) is 0 Å². The second-order valence-electron chi connectivity index (χ2n) is 32.4. The third kappa shape index (κ3) is 11.5. The minimum absolute atomic E-state index is 0.804. The van der Waals surface area contributed by atoms with E-state index >= 15 is 0 Å². The maximum absolute atomic E-state index is 2.48. The van der Waals surface area contributed by atoms with Crippen molar-refractivity contribution in [3.63, 3.8) is 0 Å². The van der Waals surface area contributed by atoms with Crippen LogP contribution in [0.1, 0.15) is 55.6 Å². The Balaban J connectivity index is 0.539. The molecule has 6 aromatic heterocycles. The monoisotopic (exact) mass is 1520 g/mol. The van der Waals surface area contributed by atoms with Crippen molar-refractivity contribution >= 4 is 131 Å². The van der Waals surface area contributed by atoms with Crippen molar-refractivity contribution in [2.75, 3.05) is 0 Å². The Kier molecular flexibility index (Phi) is 15.9. The first kappa shape index (κ1) is 68.2. The highest BCUT2D eigenvalue weighted by Crippen LogP contribution is 2.42. The van der Waals surface area contributed by atoms with E-state index in [-0.39, 0.29) is 0 Å². The lowest BCUT2D eigenvalue weighted by Crippen LogP contribution is -1.97. The molecule has 24 rings (SSSR count). The Bertz CT molecular complexity index is 7010. The van der Waals surface area contributed by atoms with Crippen LogP contribution in [0.2, 0.25) is 0 Å². The van der Waals surface area contributed by atoms with E-state index in [0.29, 0.717) is 0 Å². The standard InChI is InChI=1S/C113H78N6/c1-9-25-102-90(17-1)91-18-2-10-26-103(91)114(102)84-53-37-76(38-54-84)66-80-45-61-110-98(70-80)99-71-81(67-77-39-55-85(56-40-77)115-104-27-11-3-19-92(104)93-20-4-12-28-105(93)115)46-62-111(99)118(110)88-49-33-74(34-50-88)65-75-35-51-89(52-36-75)119-112-63-47-82(68-78-41-57-86(58-42-78)116-106-29-13-5-21-94(106)95-22-6-14-30-107(95)116)72-100(112)101-73-83(48-64-113(101)119)69-79-43-59-87(60-44-79)117-108-31-15-7-23-96(108)97-24-8-16-32-109(97)117/h1-64,70-73H,65-69H2. The van der Waals surface area contributed by atoms with E-state index < -0.39 is 0 Å². The number of hydrogen-bond acceptors (Lipinski definition) is 0. The summed E-state index contributed by atoms with van der Waals surface area (Å²) in [5.41, 5.74) is 34.3. The first-order valence-corrected chi connectivity index (χ1v) is 41.6. The van der Waals surface area contributed by atoms with Crippen molar-refractivity contribution in [3.05, 3.63) is 468 Å². The van der Waals surface area contributed by atoms with E-state index in [0.717, 1.165) is 43.5 Å². The van der Waals surface area contributed by atoms with Gasteiger partial charge < -0.3 is 27.4 Å².